The molecule has 1 heterocycles. The third kappa shape index (κ3) is 0.783. The molecule has 3 rings (SSSR count). The fourth-order valence-corrected chi connectivity index (χ4v) is 3.39. The summed E-state index contributed by atoms with van der Waals surface area (Å²) in [5.74, 6) is 1.01. The van der Waals surface area contributed by atoms with E-state index in [1.807, 2.05) is 0 Å². The maximum absolute atomic E-state index is 2.86. The highest BCUT2D eigenvalue weighted by Crippen LogP contribution is 2.56. The topological polar surface area (TPSA) is 3.24 Å². The van der Waals surface area contributed by atoms with Crippen LogP contribution in [-0.4, -0.2) is 23.0 Å². The van der Waals surface area contributed by atoms with Gasteiger partial charge in [0.05, 0.1) is 0 Å². The van der Waals surface area contributed by atoms with Gasteiger partial charge in [0.15, 0.2) is 0 Å². The van der Waals surface area contributed by atoms with E-state index in [0.717, 1.165) is 17.5 Å². The lowest BCUT2D eigenvalue weighted by atomic mass is 9.90. The summed E-state index contributed by atoms with van der Waals surface area (Å²) < 4.78 is 0. The van der Waals surface area contributed by atoms with E-state index in [1.165, 1.54) is 45.1 Å². The monoisotopic (exact) mass is 165 g/mol. The molecule has 3 fully saturated rings. The Balaban J connectivity index is 1.76. The molecule has 0 N–H and O–H groups in total. The second-order valence-corrected chi connectivity index (χ2v) is 5.09. The molecule has 1 unspecified atom stereocenters. The zero-order chi connectivity index (χ0) is 8.18. The Kier molecular flexibility index (Phi) is 1.39. The molecule has 0 radical (unpaired) electrons. The van der Waals surface area contributed by atoms with Crippen LogP contribution in [0.4, 0.5) is 0 Å². The van der Waals surface area contributed by atoms with Gasteiger partial charge in [-0.15, -0.1) is 0 Å². The third-order valence-electron chi connectivity index (χ3n) is 4.51. The highest BCUT2D eigenvalue weighted by atomic mass is 15.3. The van der Waals surface area contributed by atoms with Crippen molar-refractivity contribution in [1.82, 2.24) is 4.90 Å². The number of rotatable bonds is 1. The predicted molar refractivity (Wildman–Crippen MR) is 50.1 cm³/mol. The molecule has 1 spiro atoms. The average Bonchev–Trinajstić information content (AvgIpc) is 2.35. The lowest BCUT2D eigenvalue weighted by Crippen LogP contribution is -2.45. The Morgan fingerprint density at radius 1 is 1.25 bits per heavy atom. The van der Waals surface area contributed by atoms with E-state index in [0.29, 0.717) is 0 Å². The van der Waals surface area contributed by atoms with Crippen LogP contribution in [0, 0.1) is 5.92 Å². The summed E-state index contributed by atoms with van der Waals surface area (Å²) in [5.41, 5.74) is 0.727. The summed E-state index contributed by atoms with van der Waals surface area (Å²) in [7, 11) is 0. The van der Waals surface area contributed by atoms with Crippen molar-refractivity contribution in [2.75, 3.05) is 6.54 Å². The van der Waals surface area contributed by atoms with E-state index >= 15 is 0 Å². The Bertz CT molecular complexity index is 197. The van der Waals surface area contributed by atoms with Crippen molar-refractivity contribution in [3.63, 3.8) is 0 Å². The molecule has 0 aromatic heterocycles. The quantitative estimate of drug-likeness (QED) is 0.576. The van der Waals surface area contributed by atoms with Crippen molar-refractivity contribution < 1.29 is 0 Å². The minimum atomic E-state index is 0.727. The molecule has 0 amide bonds. The van der Waals surface area contributed by atoms with Gasteiger partial charge in [0, 0.05) is 11.6 Å². The SMILES string of the molecule is C[C@@H]1CC12CCCN2C1CCC1. The smallest absolute Gasteiger partial charge is 0.0242 e. The standard InChI is InChI=1S/C11H19N/c1-9-8-11(9)6-3-7-12(11)10-4-2-5-10/h9-10H,2-8H2,1H3/t9-,11?/m1/s1. The minimum Gasteiger partial charge on any atom is -0.294 e. The molecule has 68 valence electrons. The van der Waals surface area contributed by atoms with Crippen LogP contribution in [0.5, 0.6) is 0 Å². The van der Waals surface area contributed by atoms with Gasteiger partial charge in [-0.2, -0.15) is 0 Å². The van der Waals surface area contributed by atoms with E-state index in [-0.39, 0.29) is 0 Å². The summed E-state index contributed by atoms with van der Waals surface area (Å²) in [6, 6.07) is 0.998. The molecule has 3 aliphatic rings. The van der Waals surface area contributed by atoms with Crippen LogP contribution in [0.25, 0.3) is 0 Å². The first-order valence-corrected chi connectivity index (χ1v) is 5.60. The van der Waals surface area contributed by atoms with Gasteiger partial charge in [-0.25, -0.2) is 0 Å². The van der Waals surface area contributed by atoms with Gasteiger partial charge in [0.2, 0.25) is 0 Å². The van der Waals surface area contributed by atoms with Crippen molar-refractivity contribution in [2.45, 2.75) is 57.0 Å². The number of likely N-dealkylation sites (tertiary alicyclic amines) is 1. The molecule has 0 aromatic carbocycles. The molecule has 1 saturated heterocycles. The number of nitrogens with zero attached hydrogens (tertiary/aromatic N) is 1. The van der Waals surface area contributed by atoms with Gasteiger partial charge in [0.25, 0.3) is 0 Å². The summed E-state index contributed by atoms with van der Waals surface area (Å²) in [4.78, 5) is 2.86. The largest absolute Gasteiger partial charge is 0.294 e. The lowest BCUT2D eigenvalue weighted by molar-refractivity contribution is 0.0945. The average molecular weight is 165 g/mol. The summed E-state index contributed by atoms with van der Waals surface area (Å²) in [6.07, 6.45) is 8.96. The number of hydrogen-bond acceptors (Lipinski definition) is 1. The predicted octanol–water partition coefficient (Wildman–Crippen LogP) is 2.41. The molecule has 2 aliphatic carbocycles. The zero-order valence-electron chi connectivity index (χ0n) is 8.05. The molecular weight excluding hydrogens is 146 g/mol. The Hall–Kier alpha value is -0.0400. The molecule has 1 aliphatic heterocycles. The van der Waals surface area contributed by atoms with Crippen LogP contribution in [0.15, 0.2) is 0 Å². The van der Waals surface area contributed by atoms with Gasteiger partial charge < -0.3 is 0 Å². The molecule has 2 atom stereocenters. The highest BCUT2D eigenvalue weighted by molar-refractivity contribution is 5.14. The highest BCUT2D eigenvalue weighted by Gasteiger charge is 2.59. The summed E-state index contributed by atoms with van der Waals surface area (Å²) >= 11 is 0. The van der Waals surface area contributed by atoms with Crippen LogP contribution < -0.4 is 0 Å². The Labute approximate surface area is 75.1 Å². The van der Waals surface area contributed by atoms with Crippen molar-refractivity contribution in [2.24, 2.45) is 5.92 Å². The van der Waals surface area contributed by atoms with Crippen LogP contribution in [0.2, 0.25) is 0 Å². The number of hydrogen-bond donors (Lipinski definition) is 0. The minimum absolute atomic E-state index is 0.727. The van der Waals surface area contributed by atoms with Crippen LogP contribution in [0.1, 0.15) is 45.4 Å². The molecular formula is C11H19N. The van der Waals surface area contributed by atoms with Crippen LogP contribution in [0.3, 0.4) is 0 Å². The van der Waals surface area contributed by atoms with Crippen LogP contribution in [-0.2, 0) is 0 Å². The van der Waals surface area contributed by atoms with Gasteiger partial charge in [-0.05, 0) is 44.6 Å². The van der Waals surface area contributed by atoms with E-state index in [1.54, 1.807) is 0 Å². The Morgan fingerprint density at radius 3 is 2.50 bits per heavy atom. The van der Waals surface area contributed by atoms with E-state index in [4.69, 9.17) is 0 Å². The maximum Gasteiger partial charge on any atom is 0.0242 e. The van der Waals surface area contributed by atoms with E-state index in [9.17, 15) is 0 Å². The lowest BCUT2D eigenvalue weighted by Gasteiger charge is -2.39. The van der Waals surface area contributed by atoms with Crippen molar-refractivity contribution >= 4 is 0 Å². The zero-order valence-corrected chi connectivity index (χ0v) is 8.05. The van der Waals surface area contributed by atoms with Gasteiger partial charge in [0.1, 0.15) is 0 Å². The van der Waals surface area contributed by atoms with Crippen molar-refractivity contribution in [1.29, 1.82) is 0 Å². The molecule has 1 heteroatoms. The van der Waals surface area contributed by atoms with Gasteiger partial charge >= 0.3 is 0 Å². The maximum atomic E-state index is 2.86. The molecule has 0 bridgehead atoms. The first kappa shape index (κ1) is 7.37. The Morgan fingerprint density at radius 2 is 2.00 bits per heavy atom. The normalized spacial score (nSPS) is 48.2. The summed E-state index contributed by atoms with van der Waals surface area (Å²) in [6.45, 7) is 3.85. The molecule has 1 nitrogen and oxygen atoms in total. The summed E-state index contributed by atoms with van der Waals surface area (Å²) in [5, 5.41) is 0. The second-order valence-electron chi connectivity index (χ2n) is 5.09. The second kappa shape index (κ2) is 2.25. The molecule has 0 aromatic rings. The molecule has 2 saturated carbocycles. The fraction of sp³-hybridized carbons (Fsp3) is 1.00. The first-order valence-electron chi connectivity index (χ1n) is 5.60. The van der Waals surface area contributed by atoms with Crippen LogP contribution >= 0.6 is 0 Å². The molecule has 12 heavy (non-hydrogen) atoms. The van der Waals surface area contributed by atoms with Crippen molar-refractivity contribution in [3.8, 4) is 0 Å². The van der Waals surface area contributed by atoms with Gasteiger partial charge in [-0.3, -0.25) is 4.90 Å². The van der Waals surface area contributed by atoms with Crippen molar-refractivity contribution in [3.05, 3.63) is 0 Å². The van der Waals surface area contributed by atoms with E-state index < -0.39 is 0 Å². The van der Waals surface area contributed by atoms with Gasteiger partial charge in [-0.1, -0.05) is 13.3 Å². The fourth-order valence-electron chi connectivity index (χ4n) is 3.39. The van der Waals surface area contributed by atoms with E-state index in [2.05, 4.69) is 11.8 Å². The third-order valence-corrected chi connectivity index (χ3v) is 4.51. The first-order chi connectivity index (χ1) is 5.83.